The summed E-state index contributed by atoms with van der Waals surface area (Å²) in [6, 6.07) is 14.4. The summed E-state index contributed by atoms with van der Waals surface area (Å²) in [6.45, 7) is 0. The summed E-state index contributed by atoms with van der Waals surface area (Å²) < 4.78 is 5.12. The predicted octanol–water partition coefficient (Wildman–Crippen LogP) is 3.06. The number of benzene rings is 2. The van der Waals surface area contributed by atoms with Gasteiger partial charge in [0.25, 0.3) is 11.6 Å². The zero-order valence-electron chi connectivity index (χ0n) is 13.2. The Kier molecular flexibility index (Phi) is 5.68. The number of methoxy groups -OCH3 is 1. The van der Waals surface area contributed by atoms with Gasteiger partial charge in [0.15, 0.2) is 0 Å². The number of amides is 1. The van der Waals surface area contributed by atoms with E-state index < -0.39 is 10.8 Å². The smallest absolute Gasteiger partial charge is 0.292 e. The van der Waals surface area contributed by atoms with Crippen LogP contribution < -0.4 is 15.4 Å². The molecule has 126 valence electrons. The van der Waals surface area contributed by atoms with Crippen LogP contribution in [0.3, 0.4) is 0 Å². The van der Waals surface area contributed by atoms with Crippen LogP contribution in [-0.2, 0) is 4.79 Å². The Labute approximate surface area is 143 Å². The Hall–Kier alpha value is -3.86. The summed E-state index contributed by atoms with van der Waals surface area (Å²) in [4.78, 5) is 22.6. The monoisotopic (exact) mass is 338 g/mol. The van der Waals surface area contributed by atoms with Crippen molar-refractivity contribution in [1.82, 2.24) is 0 Å². The topological polar surface area (TPSA) is 117 Å². The van der Waals surface area contributed by atoms with Crippen LogP contribution in [0.5, 0.6) is 5.75 Å². The largest absolute Gasteiger partial charge is 0.495 e. The maximum Gasteiger partial charge on any atom is 0.292 e. The van der Waals surface area contributed by atoms with Gasteiger partial charge in [0.1, 0.15) is 23.1 Å². The molecule has 0 aliphatic heterocycles. The van der Waals surface area contributed by atoms with Gasteiger partial charge < -0.3 is 15.4 Å². The molecule has 0 aliphatic carbocycles. The second kappa shape index (κ2) is 8.12. The number of nitrogens with zero attached hydrogens (tertiary/aromatic N) is 2. The highest BCUT2D eigenvalue weighted by Crippen LogP contribution is 2.25. The highest BCUT2D eigenvalue weighted by molar-refractivity contribution is 6.07. The minimum atomic E-state index is -0.668. The van der Waals surface area contributed by atoms with Gasteiger partial charge in [-0.15, -0.1) is 0 Å². The van der Waals surface area contributed by atoms with Crippen molar-refractivity contribution >= 4 is 23.0 Å². The summed E-state index contributed by atoms with van der Waals surface area (Å²) >= 11 is 0. The summed E-state index contributed by atoms with van der Waals surface area (Å²) in [5.41, 5.74) is 0.164. The number of carbonyl (C=O) groups is 1. The van der Waals surface area contributed by atoms with Crippen molar-refractivity contribution < 1.29 is 14.5 Å². The summed E-state index contributed by atoms with van der Waals surface area (Å²) in [5, 5.41) is 25.3. The molecule has 25 heavy (non-hydrogen) atoms. The molecule has 0 fully saturated rings. The van der Waals surface area contributed by atoms with Gasteiger partial charge in [-0.05, 0) is 18.2 Å². The highest BCUT2D eigenvalue weighted by Gasteiger charge is 2.14. The Morgan fingerprint density at radius 1 is 1.20 bits per heavy atom. The third kappa shape index (κ3) is 4.33. The second-order valence-electron chi connectivity index (χ2n) is 4.74. The number of hydrogen-bond acceptors (Lipinski definition) is 6. The lowest BCUT2D eigenvalue weighted by molar-refractivity contribution is -0.383. The molecular weight excluding hydrogens is 324 g/mol. The standard InChI is InChI=1S/C17H14N4O4/c1-25-16-9-5-3-7-14(16)20-17(22)12(10-18)11-19-13-6-2-4-8-15(13)21(23)24/h2-9,11,19H,1H3,(H,20,22)/b12-11-. The molecule has 0 aliphatic rings. The van der Waals surface area contributed by atoms with Crippen LogP contribution >= 0.6 is 0 Å². The first-order chi connectivity index (χ1) is 12.1. The van der Waals surface area contributed by atoms with E-state index in [4.69, 9.17) is 4.74 Å². The summed E-state index contributed by atoms with van der Waals surface area (Å²) in [5.74, 6) is -0.224. The molecule has 8 heteroatoms. The molecule has 0 bridgehead atoms. The van der Waals surface area contributed by atoms with Crippen LogP contribution in [0.4, 0.5) is 17.1 Å². The predicted molar refractivity (Wildman–Crippen MR) is 92.0 cm³/mol. The molecule has 0 radical (unpaired) electrons. The Bertz CT molecular complexity index is 871. The molecule has 2 N–H and O–H groups in total. The van der Waals surface area contributed by atoms with Crippen molar-refractivity contribution in [3.05, 3.63) is 70.4 Å². The maximum atomic E-state index is 12.2. The van der Waals surface area contributed by atoms with Gasteiger partial charge in [-0.1, -0.05) is 24.3 Å². The fourth-order valence-electron chi connectivity index (χ4n) is 1.99. The van der Waals surface area contributed by atoms with Crippen molar-refractivity contribution in [1.29, 1.82) is 5.26 Å². The lowest BCUT2D eigenvalue weighted by atomic mass is 10.2. The Morgan fingerprint density at radius 2 is 1.84 bits per heavy atom. The van der Waals surface area contributed by atoms with E-state index in [1.165, 1.54) is 25.3 Å². The number of nitrogens with one attached hydrogen (secondary N) is 2. The van der Waals surface area contributed by atoms with Crippen molar-refractivity contribution in [3.63, 3.8) is 0 Å². The zero-order chi connectivity index (χ0) is 18.2. The summed E-state index contributed by atoms with van der Waals surface area (Å²) in [7, 11) is 1.46. The number of nitro groups is 1. The lowest BCUT2D eigenvalue weighted by Crippen LogP contribution is -2.15. The van der Waals surface area contributed by atoms with E-state index in [1.54, 1.807) is 36.4 Å². The van der Waals surface area contributed by atoms with Crippen LogP contribution in [0, 0.1) is 21.4 Å². The molecule has 0 heterocycles. The van der Waals surface area contributed by atoms with Crippen LogP contribution in [0.15, 0.2) is 60.3 Å². The van der Waals surface area contributed by atoms with Gasteiger partial charge in [0.05, 0.1) is 17.7 Å². The van der Waals surface area contributed by atoms with Crippen LogP contribution in [0.25, 0.3) is 0 Å². The van der Waals surface area contributed by atoms with Crippen LogP contribution in [-0.4, -0.2) is 17.9 Å². The van der Waals surface area contributed by atoms with E-state index >= 15 is 0 Å². The van der Waals surface area contributed by atoms with Gasteiger partial charge >= 0.3 is 0 Å². The molecule has 0 saturated heterocycles. The van der Waals surface area contributed by atoms with E-state index in [0.29, 0.717) is 11.4 Å². The SMILES string of the molecule is COc1ccccc1NC(=O)/C(C#N)=C\Nc1ccccc1[N+](=O)[O-]. The number of nitro benzene ring substituents is 1. The average molecular weight is 338 g/mol. The second-order valence-corrected chi connectivity index (χ2v) is 4.74. The van der Waals surface area contributed by atoms with Crippen LogP contribution in [0.1, 0.15) is 0 Å². The molecular formula is C17H14N4O4. The number of nitriles is 1. The maximum absolute atomic E-state index is 12.2. The quantitative estimate of drug-likeness (QED) is 0.362. The third-order valence-electron chi connectivity index (χ3n) is 3.19. The molecule has 1 amide bonds. The van der Waals surface area contributed by atoms with Crippen LogP contribution in [0.2, 0.25) is 0 Å². The van der Waals surface area contributed by atoms with Crippen molar-refractivity contribution in [2.45, 2.75) is 0 Å². The minimum Gasteiger partial charge on any atom is -0.495 e. The fourth-order valence-corrected chi connectivity index (χ4v) is 1.99. The number of para-hydroxylation sites is 4. The molecule has 2 rings (SSSR count). The van der Waals surface area contributed by atoms with Crippen molar-refractivity contribution in [3.8, 4) is 11.8 Å². The number of carbonyl (C=O) groups excluding carboxylic acids is 1. The number of hydrogen-bond donors (Lipinski definition) is 2. The first-order valence-electron chi connectivity index (χ1n) is 7.11. The van der Waals surface area contributed by atoms with Gasteiger partial charge in [0.2, 0.25) is 0 Å². The summed E-state index contributed by atoms with van der Waals surface area (Å²) in [6.07, 6.45) is 1.12. The average Bonchev–Trinajstić information content (AvgIpc) is 2.63. The number of rotatable bonds is 6. The van der Waals surface area contributed by atoms with E-state index in [9.17, 15) is 20.2 Å². The van der Waals surface area contributed by atoms with E-state index in [-0.39, 0.29) is 16.9 Å². The Morgan fingerprint density at radius 3 is 2.48 bits per heavy atom. The van der Waals surface area contributed by atoms with Gasteiger partial charge in [0, 0.05) is 12.3 Å². The number of ether oxygens (including phenoxy) is 1. The first kappa shape index (κ1) is 17.5. The fraction of sp³-hybridized carbons (Fsp3) is 0.0588. The van der Waals surface area contributed by atoms with E-state index in [2.05, 4.69) is 10.6 Å². The zero-order valence-corrected chi connectivity index (χ0v) is 13.2. The van der Waals surface area contributed by atoms with Gasteiger partial charge in [-0.25, -0.2) is 0 Å². The highest BCUT2D eigenvalue weighted by atomic mass is 16.6. The lowest BCUT2D eigenvalue weighted by Gasteiger charge is -2.09. The van der Waals surface area contributed by atoms with E-state index in [0.717, 1.165) is 6.20 Å². The molecule has 2 aromatic rings. The molecule has 0 atom stereocenters. The molecule has 0 unspecified atom stereocenters. The van der Waals surface area contributed by atoms with Crippen molar-refractivity contribution in [2.75, 3.05) is 17.7 Å². The molecule has 8 nitrogen and oxygen atoms in total. The number of anilines is 2. The molecule has 2 aromatic carbocycles. The van der Waals surface area contributed by atoms with Gasteiger partial charge in [-0.2, -0.15) is 5.26 Å². The molecule has 0 saturated carbocycles. The normalized spacial score (nSPS) is 10.5. The van der Waals surface area contributed by atoms with Gasteiger partial charge in [-0.3, -0.25) is 14.9 Å². The van der Waals surface area contributed by atoms with E-state index in [1.807, 2.05) is 0 Å². The first-order valence-corrected chi connectivity index (χ1v) is 7.11. The molecule has 0 spiro atoms. The third-order valence-corrected chi connectivity index (χ3v) is 3.19. The van der Waals surface area contributed by atoms with Crippen molar-refractivity contribution in [2.24, 2.45) is 0 Å². The molecule has 0 aromatic heterocycles. The Balaban J connectivity index is 2.19. The minimum absolute atomic E-state index is 0.166.